The third kappa shape index (κ3) is 5.84. The zero-order chi connectivity index (χ0) is 24.4. The molecule has 1 heterocycles. The number of nitrogens with zero attached hydrogens (tertiary/aromatic N) is 3. The fraction of sp³-hybridized carbons (Fsp3) is 0.480. The van der Waals surface area contributed by atoms with Crippen molar-refractivity contribution >= 4 is 11.6 Å². The highest BCUT2D eigenvalue weighted by atomic mass is 19.4. The molecule has 1 fully saturated rings. The van der Waals surface area contributed by atoms with Gasteiger partial charge in [0.05, 0.1) is 22.8 Å². The molecular formula is C25H29F3N4O. The maximum absolute atomic E-state index is 13.3. The third-order valence-corrected chi connectivity index (χ3v) is 6.21. The van der Waals surface area contributed by atoms with Crippen LogP contribution in [0.5, 0.6) is 0 Å². The normalized spacial score (nSPS) is 19.0. The number of nitrogens with one attached hydrogen (secondary N) is 1. The van der Waals surface area contributed by atoms with Crippen molar-refractivity contribution in [1.29, 1.82) is 5.26 Å². The second-order valence-corrected chi connectivity index (χ2v) is 9.61. The van der Waals surface area contributed by atoms with E-state index in [4.69, 9.17) is 5.26 Å². The van der Waals surface area contributed by atoms with Gasteiger partial charge in [0.1, 0.15) is 0 Å². The Kier molecular flexibility index (Phi) is 7.01. The predicted octanol–water partition coefficient (Wildman–Crippen LogP) is 5.45. The molecular weight excluding hydrogens is 429 g/mol. The van der Waals surface area contributed by atoms with Crippen LogP contribution in [-0.4, -0.2) is 30.0 Å². The van der Waals surface area contributed by atoms with E-state index < -0.39 is 11.7 Å². The topological polar surface area (TPSA) is 69.0 Å². The average molecular weight is 459 g/mol. The smallest absolute Gasteiger partial charge is 0.372 e. The molecule has 0 saturated heterocycles. The first-order valence-corrected chi connectivity index (χ1v) is 11.0. The number of amides is 1. The molecule has 0 unspecified atom stereocenters. The van der Waals surface area contributed by atoms with Gasteiger partial charge in [0.25, 0.3) is 5.91 Å². The van der Waals surface area contributed by atoms with Gasteiger partial charge in [-0.2, -0.15) is 18.4 Å². The number of halogens is 3. The molecule has 1 aromatic heterocycles. The molecule has 1 N–H and O–H groups in total. The van der Waals surface area contributed by atoms with Crippen molar-refractivity contribution < 1.29 is 18.0 Å². The Balaban J connectivity index is 1.60. The lowest BCUT2D eigenvalue weighted by atomic mass is 9.89. The Bertz CT molecular complexity index is 1030. The van der Waals surface area contributed by atoms with Crippen LogP contribution < -0.4 is 10.2 Å². The summed E-state index contributed by atoms with van der Waals surface area (Å²) < 4.78 is 39.9. The van der Waals surface area contributed by atoms with Gasteiger partial charge in [0.2, 0.25) is 0 Å². The molecule has 0 atom stereocenters. The molecule has 1 aliphatic carbocycles. The van der Waals surface area contributed by atoms with E-state index in [1.165, 1.54) is 6.07 Å². The Morgan fingerprint density at radius 3 is 2.30 bits per heavy atom. The molecule has 176 valence electrons. The van der Waals surface area contributed by atoms with E-state index in [-0.39, 0.29) is 29.0 Å². The van der Waals surface area contributed by atoms with Crippen LogP contribution in [0, 0.1) is 11.3 Å². The van der Waals surface area contributed by atoms with Gasteiger partial charge in [-0.3, -0.25) is 9.78 Å². The van der Waals surface area contributed by atoms with Crippen molar-refractivity contribution in [3.8, 4) is 6.07 Å². The first kappa shape index (κ1) is 24.6. The van der Waals surface area contributed by atoms with Gasteiger partial charge in [-0.05, 0) is 56.0 Å². The Morgan fingerprint density at radius 2 is 1.79 bits per heavy atom. The molecule has 1 aliphatic rings. The number of hydrogen-bond donors (Lipinski definition) is 1. The number of anilines is 1. The molecule has 2 aromatic rings. The van der Waals surface area contributed by atoms with Crippen LogP contribution >= 0.6 is 0 Å². The van der Waals surface area contributed by atoms with E-state index in [1.807, 2.05) is 11.0 Å². The minimum Gasteiger partial charge on any atom is -0.372 e. The van der Waals surface area contributed by atoms with Crippen LogP contribution in [0.4, 0.5) is 18.9 Å². The standard InChI is InChI=1S/C25H29F3N4O/c1-24(2,3)22-12-6-17(15-30-22)23(33)31-18-7-10-19(11-8-18)32(4)20-9-5-16(14-29)21(13-20)25(26,27)28/h5-6,9,12-13,15,18-19H,7-8,10-11H2,1-4H3,(H,31,33). The summed E-state index contributed by atoms with van der Waals surface area (Å²) in [6.45, 7) is 6.19. The van der Waals surface area contributed by atoms with Crippen molar-refractivity contribution in [3.05, 3.63) is 58.9 Å². The summed E-state index contributed by atoms with van der Waals surface area (Å²) in [5.41, 5.74) is 0.477. The first-order valence-electron chi connectivity index (χ1n) is 11.0. The van der Waals surface area contributed by atoms with E-state index >= 15 is 0 Å². The molecule has 1 saturated carbocycles. The molecule has 8 heteroatoms. The lowest BCUT2D eigenvalue weighted by molar-refractivity contribution is -0.137. The van der Waals surface area contributed by atoms with Gasteiger partial charge in [-0.15, -0.1) is 0 Å². The summed E-state index contributed by atoms with van der Waals surface area (Å²) in [5.74, 6) is -0.165. The van der Waals surface area contributed by atoms with Crippen LogP contribution in [0.1, 0.15) is 73.6 Å². The van der Waals surface area contributed by atoms with Gasteiger partial charge < -0.3 is 10.2 Å². The summed E-state index contributed by atoms with van der Waals surface area (Å²) in [6.07, 6.45) is -0.0381. The van der Waals surface area contributed by atoms with E-state index in [2.05, 4.69) is 31.1 Å². The number of hydrogen-bond acceptors (Lipinski definition) is 4. The molecule has 0 aliphatic heterocycles. The number of rotatable bonds is 4. The van der Waals surface area contributed by atoms with Crippen molar-refractivity contribution in [1.82, 2.24) is 10.3 Å². The number of nitriles is 1. The van der Waals surface area contributed by atoms with E-state index in [0.29, 0.717) is 11.3 Å². The molecule has 3 rings (SSSR count). The van der Waals surface area contributed by atoms with Crippen molar-refractivity contribution in [2.75, 3.05) is 11.9 Å². The number of carbonyl (C=O) groups is 1. The summed E-state index contributed by atoms with van der Waals surface area (Å²) in [6, 6.07) is 9.15. The van der Waals surface area contributed by atoms with E-state index in [0.717, 1.165) is 37.4 Å². The van der Waals surface area contributed by atoms with Crippen LogP contribution in [0.3, 0.4) is 0 Å². The highest BCUT2D eigenvalue weighted by molar-refractivity contribution is 5.94. The Hall–Kier alpha value is -3.08. The van der Waals surface area contributed by atoms with Crippen molar-refractivity contribution in [2.24, 2.45) is 0 Å². The fourth-order valence-corrected chi connectivity index (χ4v) is 4.14. The molecule has 33 heavy (non-hydrogen) atoms. The number of benzene rings is 1. The Labute approximate surface area is 192 Å². The number of pyridine rings is 1. The van der Waals surface area contributed by atoms with Crippen molar-refractivity contribution in [3.63, 3.8) is 0 Å². The molecule has 0 bridgehead atoms. The minimum atomic E-state index is -4.58. The lowest BCUT2D eigenvalue weighted by Crippen LogP contribution is -2.43. The lowest BCUT2D eigenvalue weighted by Gasteiger charge is -2.36. The quantitative estimate of drug-likeness (QED) is 0.662. The highest BCUT2D eigenvalue weighted by Crippen LogP contribution is 2.35. The van der Waals surface area contributed by atoms with Gasteiger partial charge >= 0.3 is 6.18 Å². The highest BCUT2D eigenvalue weighted by Gasteiger charge is 2.35. The third-order valence-electron chi connectivity index (χ3n) is 6.21. The van der Waals surface area contributed by atoms with Gasteiger partial charge in [-0.25, -0.2) is 0 Å². The molecule has 1 amide bonds. The van der Waals surface area contributed by atoms with Crippen LogP contribution in [-0.2, 0) is 11.6 Å². The Morgan fingerprint density at radius 1 is 1.12 bits per heavy atom. The summed E-state index contributed by atoms with van der Waals surface area (Å²) >= 11 is 0. The molecule has 1 aromatic carbocycles. The van der Waals surface area contributed by atoms with E-state index in [1.54, 1.807) is 31.4 Å². The molecule has 5 nitrogen and oxygen atoms in total. The van der Waals surface area contributed by atoms with Crippen LogP contribution in [0.2, 0.25) is 0 Å². The zero-order valence-electron chi connectivity index (χ0n) is 19.3. The molecule has 0 spiro atoms. The summed E-state index contributed by atoms with van der Waals surface area (Å²) in [5, 5.41) is 12.0. The first-order chi connectivity index (χ1) is 15.4. The summed E-state index contributed by atoms with van der Waals surface area (Å²) in [4.78, 5) is 18.8. The van der Waals surface area contributed by atoms with E-state index in [9.17, 15) is 18.0 Å². The average Bonchev–Trinajstić information content (AvgIpc) is 2.77. The maximum atomic E-state index is 13.3. The fourth-order valence-electron chi connectivity index (χ4n) is 4.14. The minimum absolute atomic E-state index is 0.0103. The maximum Gasteiger partial charge on any atom is 0.417 e. The number of aromatic nitrogens is 1. The van der Waals surface area contributed by atoms with Gasteiger partial charge in [0.15, 0.2) is 0 Å². The number of alkyl halides is 3. The summed E-state index contributed by atoms with van der Waals surface area (Å²) in [7, 11) is 1.77. The van der Waals surface area contributed by atoms with Crippen molar-refractivity contribution in [2.45, 2.75) is 70.1 Å². The second kappa shape index (κ2) is 9.42. The predicted molar refractivity (Wildman–Crippen MR) is 121 cm³/mol. The van der Waals surface area contributed by atoms with Crippen LogP contribution in [0.15, 0.2) is 36.5 Å². The van der Waals surface area contributed by atoms with Crippen LogP contribution in [0.25, 0.3) is 0 Å². The largest absolute Gasteiger partial charge is 0.417 e. The van der Waals surface area contributed by atoms with Gasteiger partial charge in [-0.1, -0.05) is 20.8 Å². The second-order valence-electron chi connectivity index (χ2n) is 9.61. The molecule has 0 radical (unpaired) electrons. The monoisotopic (exact) mass is 458 g/mol. The number of carbonyl (C=O) groups excluding carboxylic acids is 1. The zero-order valence-corrected chi connectivity index (χ0v) is 19.3. The SMILES string of the molecule is CN(c1ccc(C#N)c(C(F)(F)F)c1)C1CCC(NC(=O)c2ccc(C(C)(C)C)nc2)CC1. The van der Waals surface area contributed by atoms with Gasteiger partial charge in [0, 0.05) is 42.1 Å².